The van der Waals surface area contributed by atoms with Gasteiger partial charge in [-0.15, -0.1) is 0 Å². The van der Waals surface area contributed by atoms with E-state index in [1.165, 1.54) is 33.1 Å². The van der Waals surface area contributed by atoms with E-state index in [2.05, 4.69) is 9.17 Å². The van der Waals surface area contributed by atoms with E-state index in [1.54, 1.807) is 0 Å². The third-order valence-electron chi connectivity index (χ3n) is 3.11. The average Bonchev–Trinajstić information content (AvgIpc) is 2.36. The van der Waals surface area contributed by atoms with Crippen LogP contribution in [0.25, 0.3) is 10.9 Å². The Labute approximate surface area is 125 Å². The Kier molecular flexibility index (Phi) is 3.94. The zero-order valence-corrected chi connectivity index (χ0v) is 12.8. The van der Waals surface area contributed by atoms with Crippen molar-refractivity contribution >= 4 is 27.1 Å². The lowest BCUT2D eigenvalue weighted by molar-refractivity contribution is 0.101. The number of hydrogen-bond acceptors (Lipinski definition) is 6. The van der Waals surface area contributed by atoms with Crippen molar-refractivity contribution in [3.8, 4) is 11.5 Å². The molecule has 9 heteroatoms. The maximum absolute atomic E-state index is 11.9. The lowest BCUT2D eigenvalue weighted by atomic mass is 10.0. The van der Waals surface area contributed by atoms with Gasteiger partial charge in [-0.2, -0.15) is 8.42 Å². The molecule has 0 aliphatic carbocycles. The summed E-state index contributed by atoms with van der Waals surface area (Å²) in [6.45, 7) is 2.69. The van der Waals surface area contributed by atoms with Gasteiger partial charge in [-0.25, -0.2) is 0 Å². The maximum Gasteiger partial charge on any atom is 0.446 e. The number of carbonyl (C=O) groups is 1. The van der Waals surface area contributed by atoms with Crippen molar-refractivity contribution in [3.63, 3.8) is 0 Å². The third-order valence-corrected chi connectivity index (χ3v) is 3.48. The molecule has 22 heavy (non-hydrogen) atoms. The first-order valence-corrected chi connectivity index (χ1v) is 7.43. The van der Waals surface area contributed by atoms with E-state index in [0.717, 1.165) is 0 Å². The van der Waals surface area contributed by atoms with Crippen LogP contribution in [0.4, 0.5) is 0 Å². The first kappa shape index (κ1) is 16.0. The number of nitrogens with one attached hydrogen (secondary N) is 1. The molecule has 0 saturated carbocycles. The fourth-order valence-electron chi connectivity index (χ4n) is 2.29. The van der Waals surface area contributed by atoms with Crippen molar-refractivity contribution in [1.82, 2.24) is 4.98 Å². The van der Waals surface area contributed by atoms with Crippen LogP contribution in [-0.4, -0.2) is 30.8 Å². The molecule has 0 bridgehead atoms. The van der Waals surface area contributed by atoms with Crippen LogP contribution < -0.4 is 14.5 Å². The highest BCUT2D eigenvalue weighted by atomic mass is 32.3. The molecule has 2 N–H and O–H groups in total. The lowest BCUT2D eigenvalue weighted by Gasteiger charge is -2.14. The highest BCUT2D eigenvalue weighted by Crippen LogP contribution is 2.37. The van der Waals surface area contributed by atoms with Crippen LogP contribution in [0, 0.1) is 6.92 Å². The third kappa shape index (κ3) is 2.81. The molecule has 0 aliphatic rings. The predicted molar refractivity (Wildman–Crippen MR) is 78.0 cm³/mol. The largest absolute Gasteiger partial charge is 0.493 e. The molecule has 0 atom stereocenters. The number of rotatable bonds is 4. The number of hydrogen-bond donors (Lipinski definition) is 2. The summed E-state index contributed by atoms with van der Waals surface area (Å²) in [4.78, 5) is 26.0. The van der Waals surface area contributed by atoms with E-state index in [-0.39, 0.29) is 33.5 Å². The predicted octanol–water partition coefficient (Wildman–Crippen LogP) is 1.23. The van der Waals surface area contributed by atoms with Gasteiger partial charge in [0.05, 0.1) is 18.2 Å². The molecule has 118 valence electrons. The molecule has 0 radical (unpaired) electrons. The van der Waals surface area contributed by atoms with E-state index < -0.39 is 21.7 Å². The summed E-state index contributed by atoms with van der Waals surface area (Å²) in [5, 5.41) is 0.154. The summed E-state index contributed by atoms with van der Waals surface area (Å²) >= 11 is 0. The number of Topliss-reactive ketones (excluding diaryl/α,β-unsaturated/α-hetero) is 1. The van der Waals surface area contributed by atoms with Crippen molar-refractivity contribution in [3.05, 3.63) is 33.6 Å². The van der Waals surface area contributed by atoms with Crippen LogP contribution in [0.15, 0.2) is 16.9 Å². The number of benzene rings is 1. The summed E-state index contributed by atoms with van der Waals surface area (Å²) in [7, 11) is -3.54. The molecule has 1 aromatic heterocycles. The first-order valence-electron chi connectivity index (χ1n) is 6.07. The highest BCUT2D eigenvalue weighted by molar-refractivity contribution is 7.81. The number of methoxy groups -OCH3 is 1. The normalized spacial score (nSPS) is 11.5. The Balaban J connectivity index is 2.99. The smallest absolute Gasteiger partial charge is 0.446 e. The summed E-state index contributed by atoms with van der Waals surface area (Å²) in [5.74, 6) is -0.769. The molecule has 0 spiro atoms. The fourth-order valence-corrected chi connectivity index (χ4v) is 2.67. The first-order chi connectivity index (χ1) is 10.2. The van der Waals surface area contributed by atoms with Crippen molar-refractivity contribution < 1.29 is 26.7 Å². The van der Waals surface area contributed by atoms with Crippen molar-refractivity contribution in [1.29, 1.82) is 0 Å². The Hall–Kier alpha value is -2.39. The highest BCUT2D eigenvalue weighted by Gasteiger charge is 2.22. The Morgan fingerprint density at radius 2 is 1.95 bits per heavy atom. The summed E-state index contributed by atoms with van der Waals surface area (Å²) in [6, 6.07) is 2.84. The molecule has 2 aromatic rings. The molecule has 0 amide bonds. The molecule has 8 nitrogen and oxygen atoms in total. The minimum atomic E-state index is -4.82. The molecule has 0 aliphatic heterocycles. The zero-order valence-electron chi connectivity index (χ0n) is 12.0. The van der Waals surface area contributed by atoms with E-state index in [1.807, 2.05) is 0 Å². The van der Waals surface area contributed by atoms with Crippen molar-refractivity contribution in [2.24, 2.45) is 0 Å². The summed E-state index contributed by atoms with van der Waals surface area (Å²) in [5.41, 5.74) is -0.253. The van der Waals surface area contributed by atoms with Gasteiger partial charge in [0.2, 0.25) is 0 Å². The minimum Gasteiger partial charge on any atom is -0.493 e. The van der Waals surface area contributed by atoms with Gasteiger partial charge in [0, 0.05) is 5.39 Å². The molecular formula is C13H13NO7S. The Bertz CT molecular complexity index is 928. The van der Waals surface area contributed by atoms with Crippen molar-refractivity contribution in [2.75, 3.05) is 7.11 Å². The molecule has 2 rings (SSSR count). The zero-order chi connectivity index (χ0) is 16.7. The summed E-state index contributed by atoms with van der Waals surface area (Å²) in [6.07, 6.45) is 0. The van der Waals surface area contributed by atoms with Crippen LogP contribution in [0.3, 0.4) is 0 Å². The number of carbonyl (C=O) groups excluding carboxylic acids is 1. The number of ether oxygens (including phenoxy) is 1. The maximum atomic E-state index is 11.9. The number of aromatic nitrogens is 1. The second kappa shape index (κ2) is 5.43. The fraction of sp³-hybridized carbons (Fsp3) is 0.231. The van der Waals surface area contributed by atoms with E-state index in [9.17, 15) is 18.0 Å². The Morgan fingerprint density at radius 3 is 2.45 bits per heavy atom. The monoisotopic (exact) mass is 327 g/mol. The number of ketones is 1. The second-order valence-corrected chi connectivity index (χ2v) is 5.56. The quantitative estimate of drug-likeness (QED) is 0.639. The van der Waals surface area contributed by atoms with Gasteiger partial charge in [-0.05, 0) is 31.5 Å². The second-order valence-electron chi connectivity index (χ2n) is 4.54. The van der Waals surface area contributed by atoms with Crippen molar-refractivity contribution in [2.45, 2.75) is 13.8 Å². The lowest BCUT2D eigenvalue weighted by Crippen LogP contribution is -2.19. The number of fused-ring (bicyclic) bond motifs is 1. The standard InChI is InChI=1S/C13H13NO7S/c1-6-10(7(2)15)13(16)14-8-4-5-9(20-3)12(11(6)8)21-22(17,18)19/h4-5H,1-3H3,(H,14,16)(H,17,18,19). The average molecular weight is 327 g/mol. The van der Waals surface area contributed by atoms with Gasteiger partial charge in [-0.1, -0.05) is 0 Å². The topological polar surface area (TPSA) is 123 Å². The Morgan fingerprint density at radius 1 is 1.32 bits per heavy atom. The minimum absolute atomic E-state index is 0.0229. The number of H-pyrrole nitrogens is 1. The molecule has 0 fully saturated rings. The number of aromatic amines is 1. The summed E-state index contributed by atoms with van der Waals surface area (Å²) < 4.78 is 40.6. The van der Waals surface area contributed by atoms with Crippen LogP contribution in [0.2, 0.25) is 0 Å². The van der Waals surface area contributed by atoms with Crippen LogP contribution >= 0.6 is 0 Å². The molecule has 0 saturated heterocycles. The van der Waals surface area contributed by atoms with Gasteiger partial charge < -0.3 is 13.9 Å². The number of pyridine rings is 1. The van der Waals surface area contributed by atoms with E-state index >= 15 is 0 Å². The van der Waals surface area contributed by atoms with E-state index in [0.29, 0.717) is 0 Å². The van der Waals surface area contributed by atoms with Gasteiger partial charge in [0.1, 0.15) is 0 Å². The van der Waals surface area contributed by atoms with Crippen LogP contribution in [0.5, 0.6) is 11.5 Å². The molecule has 1 heterocycles. The molecule has 1 aromatic carbocycles. The van der Waals surface area contributed by atoms with Gasteiger partial charge in [-0.3, -0.25) is 14.1 Å². The molecular weight excluding hydrogens is 314 g/mol. The van der Waals surface area contributed by atoms with Gasteiger partial charge in [0.25, 0.3) is 5.56 Å². The van der Waals surface area contributed by atoms with Crippen LogP contribution in [0.1, 0.15) is 22.8 Å². The number of aryl methyl sites for hydroxylation is 1. The van der Waals surface area contributed by atoms with Gasteiger partial charge >= 0.3 is 10.4 Å². The van der Waals surface area contributed by atoms with Crippen LogP contribution in [-0.2, 0) is 10.4 Å². The molecule has 0 unspecified atom stereocenters. The van der Waals surface area contributed by atoms with Gasteiger partial charge in [0.15, 0.2) is 17.3 Å². The van der Waals surface area contributed by atoms with E-state index in [4.69, 9.17) is 9.29 Å². The SMILES string of the molecule is COc1ccc2[nH]c(=O)c(C(C)=O)c(C)c2c1OS(=O)(=O)O.